The first-order valence-electron chi connectivity index (χ1n) is 13.3. The molecule has 2 nitrogen and oxygen atoms in total. The Morgan fingerprint density at radius 1 is 0.553 bits per heavy atom. The van der Waals surface area contributed by atoms with E-state index in [1.807, 2.05) is 6.07 Å². The summed E-state index contributed by atoms with van der Waals surface area (Å²) in [7, 11) is -1.36. The van der Waals surface area contributed by atoms with Crippen LogP contribution in [0, 0.1) is 0 Å². The third-order valence-corrected chi connectivity index (χ3v) is 10.2. The minimum atomic E-state index is -1.36. The largest absolute Gasteiger partial charge is 0.455 e. The molecule has 0 aliphatic heterocycles. The topological polar surface area (TPSA) is 18.1 Å². The van der Waals surface area contributed by atoms with Crippen LogP contribution in [0.25, 0.3) is 71.3 Å². The number of benzene rings is 6. The lowest BCUT2D eigenvalue weighted by Crippen LogP contribution is -2.37. The molecule has 0 amide bonds. The quantitative estimate of drug-likeness (QED) is 0.173. The number of hydrogen-bond donors (Lipinski definition) is 0. The van der Waals surface area contributed by atoms with Gasteiger partial charge < -0.3 is 8.98 Å². The Hall–Kier alpha value is -4.34. The Morgan fingerprint density at radius 2 is 1.32 bits per heavy atom. The van der Waals surface area contributed by atoms with Gasteiger partial charge in [0.15, 0.2) is 0 Å². The molecule has 8 rings (SSSR count). The van der Waals surface area contributed by atoms with Crippen molar-refractivity contribution < 1.29 is 4.42 Å². The van der Waals surface area contributed by atoms with Gasteiger partial charge in [0.2, 0.25) is 0 Å². The number of rotatable bonds is 3. The molecule has 0 radical (unpaired) electrons. The van der Waals surface area contributed by atoms with Crippen LogP contribution in [0.3, 0.4) is 0 Å². The summed E-state index contributed by atoms with van der Waals surface area (Å²) in [5.41, 5.74) is 7.94. The van der Waals surface area contributed by atoms with Crippen LogP contribution in [0.2, 0.25) is 19.6 Å². The molecule has 0 saturated carbocycles. The molecule has 8 aromatic rings. The average molecular weight is 506 g/mol. The van der Waals surface area contributed by atoms with E-state index in [0.29, 0.717) is 0 Å². The lowest BCUT2D eigenvalue weighted by Gasteiger charge is -2.17. The molecule has 0 unspecified atom stereocenters. The van der Waals surface area contributed by atoms with Crippen molar-refractivity contribution in [2.45, 2.75) is 19.6 Å². The summed E-state index contributed by atoms with van der Waals surface area (Å²) in [5.74, 6) is 0. The molecule has 0 bridgehead atoms. The van der Waals surface area contributed by atoms with E-state index < -0.39 is 8.07 Å². The van der Waals surface area contributed by atoms with Crippen molar-refractivity contribution in [1.82, 2.24) is 4.57 Å². The number of para-hydroxylation sites is 2. The SMILES string of the molecule is C[Si](C)(C)c1ccc(-n2c3cccc4ccc5c(-c6cccc7c6oc6ccccc67)ccc2c5c43)cc1. The van der Waals surface area contributed by atoms with Gasteiger partial charge in [-0.25, -0.2) is 0 Å². The minimum absolute atomic E-state index is 0.931. The molecule has 2 heterocycles. The second kappa shape index (κ2) is 7.59. The van der Waals surface area contributed by atoms with Gasteiger partial charge in [-0.3, -0.25) is 0 Å². The van der Waals surface area contributed by atoms with Crippen LogP contribution in [0.5, 0.6) is 0 Å². The van der Waals surface area contributed by atoms with Gasteiger partial charge in [-0.15, -0.1) is 0 Å². The van der Waals surface area contributed by atoms with E-state index in [1.165, 1.54) is 49.0 Å². The molecular formula is C35H27NOSi. The Labute approximate surface area is 222 Å². The summed E-state index contributed by atoms with van der Waals surface area (Å²) in [5, 5.41) is 8.99. The molecule has 3 heteroatoms. The highest BCUT2D eigenvalue weighted by atomic mass is 28.3. The third kappa shape index (κ3) is 2.94. The van der Waals surface area contributed by atoms with Crippen LogP contribution in [-0.4, -0.2) is 12.6 Å². The number of nitrogens with zero attached hydrogens (tertiary/aromatic N) is 1. The Morgan fingerprint density at radius 3 is 2.16 bits per heavy atom. The molecule has 0 spiro atoms. The van der Waals surface area contributed by atoms with E-state index in [-0.39, 0.29) is 0 Å². The maximum atomic E-state index is 6.44. The van der Waals surface area contributed by atoms with Gasteiger partial charge in [-0.05, 0) is 46.7 Å². The van der Waals surface area contributed by atoms with E-state index in [4.69, 9.17) is 4.42 Å². The molecule has 0 fully saturated rings. The summed E-state index contributed by atoms with van der Waals surface area (Å²) in [6, 6.07) is 39.9. The summed E-state index contributed by atoms with van der Waals surface area (Å²) >= 11 is 0. The van der Waals surface area contributed by atoms with Gasteiger partial charge >= 0.3 is 0 Å². The molecular weight excluding hydrogens is 478 g/mol. The molecule has 0 atom stereocenters. The van der Waals surface area contributed by atoms with Crippen LogP contribution >= 0.6 is 0 Å². The Balaban J connectivity index is 1.44. The van der Waals surface area contributed by atoms with Crippen LogP contribution in [0.15, 0.2) is 114 Å². The van der Waals surface area contributed by atoms with Crippen LogP contribution in [0.1, 0.15) is 0 Å². The number of furan rings is 1. The smallest absolute Gasteiger partial charge is 0.143 e. The zero-order valence-electron chi connectivity index (χ0n) is 21.7. The molecule has 38 heavy (non-hydrogen) atoms. The molecule has 0 aliphatic carbocycles. The molecule has 2 aromatic heterocycles. The monoisotopic (exact) mass is 505 g/mol. The van der Waals surface area contributed by atoms with Crippen LogP contribution in [0.4, 0.5) is 0 Å². The zero-order valence-corrected chi connectivity index (χ0v) is 22.7. The molecule has 0 saturated heterocycles. The Kier molecular flexibility index (Phi) is 4.34. The Bertz CT molecular complexity index is 2160. The number of fused-ring (bicyclic) bond motifs is 3. The first kappa shape index (κ1) is 21.7. The molecule has 0 N–H and O–H groups in total. The van der Waals surface area contributed by atoms with Gasteiger partial charge in [0.05, 0.1) is 19.1 Å². The average Bonchev–Trinajstić information content (AvgIpc) is 3.48. The van der Waals surface area contributed by atoms with Crippen LogP contribution < -0.4 is 5.19 Å². The first-order chi connectivity index (χ1) is 18.5. The van der Waals surface area contributed by atoms with Gasteiger partial charge in [-0.2, -0.15) is 0 Å². The van der Waals surface area contributed by atoms with E-state index in [2.05, 4.69) is 127 Å². The summed E-state index contributed by atoms with van der Waals surface area (Å²) in [4.78, 5) is 0. The van der Waals surface area contributed by atoms with Crippen molar-refractivity contribution >= 4 is 67.8 Å². The molecule has 0 aliphatic rings. The highest BCUT2D eigenvalue weighted by molar-refractivity contribution is 6.88. The van der Waals surface area contributed by atoms with Gasteiger partial charge in [-0.1, -0.05) is 104 Å². The highest BCUT2D eigenvalue weighted by Crippen LogP contribution is 2.44. The second-order valence-corrected chi connectivity index (χ2v) is 16.5. The van der Waals surface area contributed by atoms with E-state index in [1.54, 1.807) is 0 Å². The molecule has 182 valence electrons. The number of hydrogen-bond acceptors (Lipinski definition) is 1. The van der Waals surface area contributed by atoms with Gasteiger partial charge in [0.1, 0.15) is 11.2 Å². The van der Waals surface area contributed by atoms with E-state index in [9.17, 15) is 0 Å². The van der Waals surface area contributed by atoms with Crippen molar-refractivity contribution in [3.63, 3.8) is 0 Å². The lowest BCUT2D eigenvalue weighted by molar-refractivity contribution is 0.670. The van der Waals surface area contributed by atoms with E-state index in [0.717, 1.165) is 27.5 Å². The highest BCUT2D eigenvalue weighted by Gasteiger charge is 2.21. The van der Waals surface area contributed by atoms with Crippen molar-refractivity contribution in [2.24, 2.45) is 0 Å². The predicted molar refractivity (Wildman–Crippen MR) is 165 cm³/mol. The van der Waals surface area contributed by atoms with Crippen molar-refractivity contribution in [2.75, 3.05) is 0 Å². The number of aromatic nitrogens is 1. The third-order valence-electron chi connectivity index (χ3n) is 8.15. The fourth-order valence-corrected chi connectivity index (χ4v) is 7.44. The van der Waals surface area contributed by atoms with Gasteiger partial charge in [0, 0.05) is 32.8 Å². The second-order valence-electron chi connectivity index (χ2n) is 11.4. The maximum Gasteiger partial charge on any atom is 0.143 e. The van der Waals surface area contributed by atoms with Crippen molar-refractivity contribution in [3.8, 4) is 16.8 Å². The summed E-state index contributed by atoms with van der Waals surface area (Å²) < 4.78 is 8.87. The normalized spacial score (nSPS) is 12.6. The summed E-state index contributed by atoms with van der Waals surface area (Å²) in [6.07, 6.45) is 0. The first-order valence-corrected chi connectivity index (χ1v) is 16.8. The zero-order chi connectivity index (χ0) is 25.6. The fourth-order valence-electron chi connectivity index (χ4n) is 6.27. The van der Waals surface area contributed by atoms with Gasteiger partial charge in [0.25, 0.3) is 0 Å². The predicted octanol–water partition coefficient (Wildman–Crippen LogP) is 9.49. The minimum Gasteiger partial charge on any atom is -0.455 e. The van der Waals surface area contributed by atoms with Crippen molar-refractivity contribution in [1.29, 1.82) is 0 Å². The van der Waals surface area contributed by atoms with Crippen LogP contribution in [-0.2, 0) is 0 Å². The van der Waals surface area contributed by atoms with E-state index >= 15 is 0 Å². The lowest BCUT2D eigenvalue weighted by atomic mass is 9.94. The maximum absolute atomic E-state index is 6.44. The fraction of sp³-hybridized carbons (Fsp3) is 0.0857. The van der Waals surface area contributed by atoms with Crippen molar-refractivity contribution in [3.05, 3.63) is 109 Å². The standard InChI is InChI=1S/C35H27NOSi/c1-38(2,3)24-17-15-23(16-18-24)36-30-12-6-8-22-14-19-27-25(20-21-31(36)34(27)33(22)30)28-10-7-11-29-26-9-4-5-13-32(26)37-35(28)29/h4-21H,1-3H3. The summed E-state index contributed by atoms with van der Waals surface area (Å²) in [6.45, 7) is 7.21. The molecule has 6 aromatic carbocycles.